The van der Waals surface area contributed by atoms with E-state index in [9.17, 15) is 14.4 Å². The van der Waals surface area contributed by atoms with Crippen molar-refractivity contribution in [3.63, 3.8) is 0 Å². The van der Waals surface area contributed by atoms with Gasteiger partial charge in [-0.05, 0) is 18.8 Å². The van der Waals surface area contributed by atoms with Crippen molar-refractivity contribution in [2.75, 3.05) is 0 Å². The molecule has 1 aliphatic carbocycles. The summed E-state index contributed by atoms with van der Waals surface area (Å²) in [5.41, 5.74) is -1.01. The Hall–Kier alpha value is -1.39. The first-order valence-electron chi connectivity index (χ1n) is 5.24. The van der Waals surface area contributed by atoms with Crippen LogP contribution in [0, 0.1) is 11.3 Å². The van der Waals surface area contributed by atoms with Crippen molar-refractivity contribution in [3.05, 3.63) is 0 Å². The number of carbonyl (C=O) groups excluding carboxylic acids is 3. The lowest BCUT2D eigenvalue weighted by Gasteiger charge is -2.41. The molecule has 1 spiro atoms. The van der Waals surface area contributed by atoms with Gasteiger partial charge < -0.3 is 0 Å². The molecule has 2 fully saturated rings. The molecule has 15 heavy (non-hydrogen) atoms. The van der Waals surface area contributed by atoms with Gasteiger partial charge in [-0.3, -0.25) is 20.2 Å². The predicted molar refractivity (Wildman–Crippen MR) is 51.7 cm³/mol. The van der Waals surface area contributed by atoms with E-state index in [0.29, 0.717) is 6.42 Å². The Morgan fingerprint density at radius 2 is 1.73 bits per heavy atom. The molecule has 0 aromatic carbocycles. The van der Waals surface area contributed by atoms with E-state index in [1.54, 1.807) is 0 Å². The van der Waals surface area contributed by atoms with Crippen LogP contribution in [0.1, 0.15) is 32.6 Å². The quantitative estimate of drug-likeness (QED) is 0.573. The van der Waals surface area contributed by atoms with Gasteiger partial charge in [-0.1, -0.05) is 19.8 Å². The molecule has 5 nitrogen and oxygen atoms in total. The molecule has 1 heterocycles. The maximum atomic E-state index is 11.8. The summed E-state index contributed by atoms with van der Waals surface area (Å²) in [6, 6.07) is -0.701. The Kier molecular flexibility index (Phi) is 2.25. The molecule has 2 rings (SSSR count). The molecule has 2 N–H and O–H groups in total. The van der Waals surface area contributed by atoms with Crippen molar-refractivity contribution < 1.29 is 14.4 Å². The molecule has 5 heteroatoms. The standard InChI is InChI=1S/C10H14N2O3/c1-6-4-2-3-5-10(6)7(13)11-9(15)12-8(10)14/h6H,2-5H2,1H3,(H2,11,12,13,14,15)/t6-/m0/s1. The number of carbonyl (C=O) groups is 3. The van der Waals surface area contributed by atoms with E-state index in [4.69, 9.17) is 0 Å². The van der Waals surface area contributed by atoms with Gasteiger partial charge in [0.2, 0.25) is 11.8 Å². The SMILES string of the molecule is C[C@H]1CCCCC12C(=O)NC(=O)NC2=O. The van der Waals surface area contributed by atoms with E-state index in [-0.39, 0.29) is 5.92 Å². The van der Waals surface area contributed by atoms with Crippen molar-refractivity contribution in [1.82, 2.24) is 10.6 Å². The Balaban J connectivity index is 2.35. The minimum atomic E-state index is -1.01. The van der Waals surface area contributed by atoms with Gasteiger partial charge in [-0.2, -0.15) is 0 Å². The number of barbiturate groups is 1. The lowest BCUT2D eigenvalue weighted by Crippen LogP contribution is -2.65. The van der Waals surface area contributed by atoms with Crippen LogP contribution in [0.2, 0.25) is 0 Å². The van der Waals surface area contributed by atoms with Crippen molar-refractivity contribution in [2.24, 2.45) is 11.3 Å². The molecule has 0 radical (unpaired) electrons. The van der Waals surface area contributed by atoms with E-state index >= 15 is 0 Å². The number of urea groups is 1. The predicted octanol–water partition coefficient (Wildman–Crippen LogP) is 0.549. The molecule has 1 saturated heterocycles. The van der Waals surface area contributed by atoms with Gasteiger partial charge in [0.15, 0.2) is 0 Å². The van der Waals surface area contributed by atoms with Crippen LogP contribution in [0.25, 0.3) is 0 Å². The van der Waals surface area contributed by atoms with Crippen molar-refractivity contribution >= 4 is 17.8 Å². The highest BCUT2D eigenvalue weighted by atomic mass is 16.2. The summed E-state index contributed by atoms with van der Waals surface area (Å²) in [5, 5.41) is 4.38. The van der Waals surface area contributed by atoms with E-state index in [0.717, 1.165) is 19.3 Å². The minimum Gasteiger partial charge on any atom is -0.277 e. The van der Waals surface area contributed by atoms with Gasteiger partial charge in [-0.15, -0.1) is 0 Å². The Morgan fingerprint density at radius 1 is 1.13 bits per heavy atom. The summed E-state index contributed by atoms with van der Waals surface area (Å²) >= 11 is 0. The highest BCUT2D eigenvalue weighted by Crippen LogP contribution is 2.42. The second kappa shape index (κ2) is 3.32. The van der Waals surface area contributed by atoms with Crippen LogP contribution in [-0.2, 0) is 9.59 Å². The fraction of sp³-hybridized carbons (Fsp3) is 0.700. The molecule has 1 aliphatic heterocycles. The zero-order valence-electron chi connectivity index (χ0n) is 8.63. The summed E-state index contributed by atoms with van der Waals surface area (Å²) in [4.78, 5) is 34.6. The number of imide groups is 2. The van der Waals surface area contributed by atoms with Gasteiger partial charge in [0.25, 0.3) is 0 Å². The van der Waals surface area contributed by atoms with Crippen LogP contribution in [0.5, 0.6) is 0 Å². The fourth-order valence-corrected chi connectivity index (χ4v) is 2.59. The van der Waals surface area contributed by atoms with Crippen LogP contribution in [-0.4, -0.2) is 17.8 Å². The van der Waals surface area contributed by atoms with Crippen LogP contribution < -0.4 is 10.6 Å². The molecule has 0 bridgehead atoms. The molecular formula is C10H14N2O3. The first kappa shape index (κ1) is 10.1. The molecule has 82 valence electrons. The van der Waals surface area contributed by atoms with Crippen molar-refractivity contribution in [2.45, 2.75) is 32.6 Å². The molecule has 4 amide bonds. The molecule has 0 aromatic rings. The van der Waals surface area contributed by atoms with Crippen molar-refractivity contribution in [1.29, 1.82) is 0 Å². The normalized spacial score (nSPS) is 29.9. The van der Waals surface area contributed by atoms with Gasteiger partial charge >= 0.3 is 6.03 Å². The maximum Gasteiger partial charge on any atom is 0.328 e. The van der Waals surface area contributed by atoms with E-state index in [1.165, 1.54) is 0 Å². The first-order valence-corrected chi connectivity index (χ1v) is 5.24. The highest BCUT2D eigenvalue weighted by Gasteiger charge is 2.54. The summed E-state index contributed by atoms with van der Waals surface area (Å²) in [7, 11) is 0. The van der Waals surface area contributed by atoms with Gasteiger partial charge in [0, 0.05) is 0 Å². The Morgan fingerprint density at radius 3 is 2.27 bits per heavy atom. The topological polar surface area (TPSA) is 75.3 Å². The Bertz CT molecular complexity index is 318. The molecule has 0 unspecified atom stereocenters. The average Bonchev–Trinajstić information content (AvgIpc) is 2.16. The van der Waals surface area contributed by atoms with Crippen LogP contribution >= 0.6 is 0 Å². The maximum absolute atomic E-state index is 11.8. The molecule has 0 aromatic heterocycles. The summed E-state index contributed by atoms with van der Waals surface area (Å²) in [6.45, 7) is 1.90. The smallest absolute Gasteiger partial charge is 0.277 e. The number of hydrogen-bond donors (Lipinski definition) is 2. The number of amides is 4. The highest BCUT2D eigenvalue weighted by molar-refractivity contribution is 6.19. The number of hydrogen-bond acceptors (Lipinski definition) is 3. The third kappa shape index (κ3) is 1.33. The molecule has 1 atom stereocenters. The van der Waals surface area contributed by atoms with E-state index < -0.39 is 23.3 Å². The second-order valence-corrected chi connectivity index (χ2v) is 4.36. The van der Waals surface area contributed by atoms with Crippen molar-refractivity contribution in [3.8, 4) is 0 Å². The minimum absolute atomic E-state index is 0.000602. The second-order valence-electron chi connectivity index (χ2n) is 4.36. The summed E-state index contributed by atoms with van der Waals surface area (Å²) in [5.74, 6) is -0.855. The molecular weight excluding hydrogens is 196 g/mol. The van der Waals surface area contributed by atoms with E-state index in [1.807, 2.05) is 6.92 Å². The molecule has 2 aliphatic rings. The molecule has 1 saturated carbocycles. The van der Waals surface area contributed by atoms with Crippen LogP contribution in [0.4, 0.5) is 4.79 Å². The third-order valence-electron chi connectivity index (χ3n) is 3.56. The lowest BCUT2D eigenvalue weighted by molar-refractivity contribution is -0.150. The average molecular weight is 210 g/mol. The van der Waals surface area contributed by atoms with Gasteiger partial charge in [0.1, 0.15) is 5.41 Å². The van der Waals surface area contributed by atoms with Crippen LogP contribution in [0.3, 0.4) is 0 Å². The third-order valence-corrected chi connectivity index (χ3v) is 3.56. The fourth-order valence-electron chi connectivity index (χ4n) is 2.59. The van der Waals surface area contributed by atoms with Gasteiger partial charge in [-0.25, -0.2) is 4.79 Å². The summed E-state index contributed by atoms with van der Waals surface area (Å²) in [6.07, 6.45) is 3.30. The summed E-state index contributed by atoms with van der Waals surface area (Å²) < 4.78 is 0. The van der Waals surface area contributed by atoms with Crippen LogP contribution in [0.15, 0.2) is 0 Å². The first-order chi connectivity index (χ1) is 7.07. The Labute approximate surface area is 87.6 Å². The largest absolute Gasteiger partial charge is 0.328 e. The monoisotopic (exact) mass is 210 g/mol. The number of nitrogens with one attached hydrogen (secondary N) is 2. The lowest BCUT2D eigenvalue weighted by atomic mass is 9.65. The zero-order chi connectivity index (χ0) is 11.1. The number of rotatable bonds is 0. The van der Waals surface area contributed by atoms with E-state index in [2.05, 4.69) is 10.6 Å². The van der Waals surface area contributed by atoms with Gasteiger partial charge in [0.05, 0.1) is 0 Å². The zero-order valence-corrected chi connectivity index (χ0v) is 8.63.